The number of amides is 1. The summed E-state index contributed by atoms with van der Waals surface area (Å²) in [6.07, 6.45) is -4.34. The molecule has 114 valence electrons. The van der Waals surface area contributed by atoms with Gasteiger partial charge < -0.3 is 35.2 Å². The molecule has 2 aliphatic heterocycles. The number of carbonyl (C=O) groups is 2. The molecule has 5 unspecified atom stereocenters. The zero-order valence-electron chi connectivity index (χ0n) is 10.5. The minimum absolute atomic E-state index is 0.0229. The van der Waals surface area contributed by atoms with Crippen LogP contribution in [0.15, 0.2) is 0 Å². The van der Waals surface area contributed by atoms with Crippen molar-refractivity contribution in [1.29, 1.82) is 0 Å². The van der Waals surface area contributed by atoms with E-state index >= 15 is 0 Å². The molecular weight excluding hydrogens is 274 g/mol. The highest BCUT2D eigenvalue weighted by Gasteiger charge is 2.55. The van der Waals surface area contributed by atoms with Crippen molar-refractivity contribution < 1.29 is 39.9 Å². The molecule has 2 heterocycles. The minimum atomic E-state index is -2.31. The number of aliphatic hydroxyl groups is 4. The van der Waals surface area contributed by atoms with Crippen LogP contribution in [0.25, 0.3) is 0 Å². The molecule has 0 aromatic heterocycles. The Morgan fingerprint density at radius 3 is 2.60 bits per heavy atom. The topological polar surface area (TPSA) is 148 Å². The van der Waals surface area contributed by atoms with Crippen LogP contribution in [0, 0.1) is 0 Å². The van der Waals surface area contributed by atoms with Gasteiger partial charge in [0.25, 0.3) is 0 Å². The second-order valence-corrected chi connectivity index (χ2v) is 5.03. The van der Waals surface area contributed by atoms with Crippen molar-refractivity contribution in [3.8, 4) is 0 Å². The lowest BCUT2D eigenvalue weighted by Crippen LogP contribution is -2.54. The summed E-state index contributed by atoms with van der Waals surface area (Å²) in [5, 5.41) is 47.5. The van der Waals surface area contributed by atoms with Gasteiger partial charge in [0.2, 0.25) is 11.7 Å². The molecule has 5 atom stereocenters. The summed E-state index contributed by atoms with van der Waals surface area (Å²) in [6.45, 7) is -1.21. The van der Waals surface area contributed by atoms with Crippen LogP contribution in [-0.2, 0) is 14.3 Å². The molecule has 0 bridgehead atoms. The molecule has 9 nitrogen and oxygen atoms in total. The monoisotopic (exact) mass is 291 g/mol. The summed E-state index contributed by atoms with van der Waals surface area (Å²) in [6, 6.07) is -1.10. The second kappa shape index (κ2) is 5.26. The number of aliphatic hydroxyl groups excluding tert-OH is 3. The van der Waals surface area contributed by atoms with Gasteiger partial charge in [0, 0.05) is 6.42 Å². The van der Waals surface area contributed by atoms with Gasteiger partial charge in [0.1, 0.15) is 24.4 Å². The highest BCUT2D eigenvalue weighted by atomic mass is 16.7. The fourth-order valence-electron chi connectivity index (χ4n) is 2.58. The number of likely N-dealkylation sites (tertiary alicyclic amines) is 1. The Labute approximate surface area is 114 Å². The Morgan fingerprint density at radius 2 is 2.10 bits per heavy atom. The van der Waals surface area contributed by atoms with Crippen LogP contribution in [0.4, 0.5) is 0 Å². The Balaban J connectivity index is 2.15. The summed E-state index contributed by atoms with van der Waals surface area (Å²) in [5.41, 5.74) is 0. The van der Waals surface area contributed by atoms with Crippen molar-refractivity contribution in [1.82, 2.24) is 4.90 Å². The number of ether oxygens (including phenoxy) is 1. The predicted octanol–water partition coefficient (Wildman–Crippen LogP) is -3.14. The number of rotatable bonds is 4. The van der Waals surface area contributed by atoms with Crippen LogP contribution in [0.3, 0.4) is 0 Å². The maximum Gasteiger partial charge on any atom is 0.326 e. The van der Waals surface area contributed by atoms with Crippen LogP contribution < -0.4 is 0 Å². The van der Waals surface area contributed by atoms with Crippen LogP contribution >= 0.6 is 0 Å². The summed E-state index contributed by atoms with van der Waals surface area (Å²) in [4.78, 5) is 23.6. The van der Waals surface area contributed by atoms with Gasteiger partial charge >= 0.3 is 5.97 Å². The molecule has 2 rings (SSSR count). The Hall–Kier alpha value is -1.26. The molecule has 2 saturated heterocycles. The summed E-state index contributed by atoms with van der Waals surface area (Å²) in [7, 11) is 0. The third-order valence-corrected chi connectivity index (χ3v) is 3.71. The highest BCUT2D eigenvalue weighted by Crippen LogP contribution is 2.32. The Bertz CT molecular complexity index is 415. The number of hydrogen-bond acceptors (Lipinski definition) is 7. The number of hydrogen-bond donors (Lipinski definition) is 5. The van der Waals surface area contributed by atoms with Gasteiger partial charge in [0.15, 0.2) is 0 Å². The number of aliphatic carboxylic acids is 1. The van der Waals surface area contributed by atoms with E-state index in [1.54, 1.807) is 0 Å². The minimum Gasteiger partial charge on any atom is -0.480 e. The van der Waals surface area contributed by atoms with Crippen molar-refractivity contribution in [3.05, 3.63) is 0 Å². The molecule has 0 aromatic rings. The summed E-state index contributed by atoms with van der Waals surface area (Å²) < 4.78 is 4.98. The van der Waals surface area contributed by atoms with Gasteiger partial charge in [-0.2, -0.15) is 0 Å². The number of carboxylic acids is 1. The largest absolute Gasteiger partial charge is 0.480 e. The van der Waals surface area contributed by atoms with Gasteiger partial charge in [-0.05, 0) is 6.42 Å². The van der Waals surface area contributed by atoms with Crippen molar-refractivity contribution in [2.75, 3.05) is 13.2 Å². The number of carbonyl (C=O) groups excluding carboxylic acids is 1. The molecule has 2 fully saturated rings. The fraction of sp³-hybridized carbons (Fsp3) is 0.818. The lowest BCUT2D eigenvalue weighted by atomic mass is 10.0. The Morgan fingerprint density at radius 1 is 1.45 bits per heavy atom. The third kappa shape index (κ3) is 2.38. The van der Waals surface area contributed by atoms with Crippen LogP contribution in [0.5, 0.6) is 0 Å². The first-order valence-electron chi connectivity index (χ1n) is 6.19. The molecule has 5 N–H and O–H groups in total. The van der Waals surface area contributed by atoms with E-state index in [0.717, 1.165) is 4.90 Å². The van der Waals surface area contributed by atoms with E-state index < -0.39 is 55.2 Å². The molecule has 9 heteroatoms. The number of carboxylic acid groups (broad SMARTS) is 1. The maximum absolute atomic E-state index is 11.7. The van der Waals surface area contributed by atoms with E-state index in [-0.39, 0.29) is 12.8 Å². The van der Waals surface area contributed by atoms with Crippen molar-refractivity contribution >= 4 is 11.9 Å². The first-order chi connectivity index (χ1) is 9.30. The molecule has 0 aromatic carbocycles. The zero-order chi connectivity index (χ0) is 15.1. The SMILES string of the molecule is O=C(O)C1CCC(=O)N1CC1(O)OC(CO)C(O)C1O. The fourth-order valence-corrected chi connectivity index (χ4v) is 2.58. The third-order valence-electron chi connectivity index (χ3n) is 3.71. The lowest BCUT2D eigenvalue weighted by Gasteiger charge is -2.32. The highest BCUT2D eigenvalue weighted by molar-refractivity contribution is 5.87. The first-order valence-corrected chi connectivity index (χ1v) is 6.19. The van der Waals surface area contributed by atoms with Gasteiger partial charge in [-0.1, -0.05) is 0 Å². The van der Waals surface area contributed by atoms with E-state index in [2.05, 4.69) is 0 Å². The quantitative estimate of drug-likeness (QED) is 0.365. The van der Waals surface area contributed by atoms with Gasteiger partial charge in [-0.25, -0.2) is 4.79 Å². The molecule has 2 aliphatic rings. The van der Waals surface area contributed by atoms with Gasteiger partial charge in [0.05, 0.1) is 13.2 Å². The standard InChI is InChI=1S/C11H17NO8/c13-3-6-8(15)9(16)11(19,20-6)4-12-5(10(17)18)1-2-7(12)14/h5-6,8-9,13,15-16,19H,1-4H2,(H,17,18). The number of nitrogens with zero attached hydrogens (tertiary/aromatic N) is 1. The lowest BCUT2D eigenvalue weighted by molar-refractivity contribution is -0.239. The molecule has 0 radical (unpaired) electrons. The van der Waals surface area contributed by atoms with Gasteiger partial charge in [-0.3, -0.25) is 4.79 Å². The molecule has 0 spiro atoms. The van der Waals surface area contributed by atoms with Crippen molar-refractivity contribution in [2.24, 2.45) is 0 Å². The normalized spacial score (nSPS) is 41.4. The van der Waals surface area contributed by atoms with E-state index in [4.69, 9.17) is 14.9 Å². The average Bonchev–Trinajstić information content (AvgIpc) is 2.84. The molecule has 1 amide bonds. The van der Waals surface area contributed by atoms with E-state index in [1.807, 2.05) is 0 Å². The maximum atomic E-state index is 11.7. The van der Waals surface area contributed by atoms with Crippen LogP contribution in [-0.4, -0.2) is 85.6 Å². The summed E-state index contributed by atoms with van der Waals surface area (Å²) >= 11 is 0. The molecule has 20 heavy (non-hydrogen) atoms. The Kier molecular flexibility index (Phi) is 3.98. The molecule has 0 saturated carbocycles. The van der Waals surface area contributed by atoms with Crippen molar-refractivity contribution in [3.63, 3.8) is 0 Å². The smallest absolute Gasteiger partial charge is 0.326 e. The zero-order valence-corrected chi connectivity index (χ0v) is 10.5. The van der Waals surface area contributed by atoms with E-state index in [0.29, 0.717) is 0 Å². The van der Waals surface area contributed by atoms with Crippen LogP contribution in [0.2, 0.25) is 0 Å². The average molecular weight is 291 g/mol. The predicted molar refractivity (Wildman–Crippen MR) is 61.3 cm³/mol. The second-order valence-electron chi connectivity index (χ2n) is 5.03. The van der Waals surface area contributed by atoms with E-state index in [9.17, 15) is 24.9 Å². The van der Waals surface area contributed by atoms with E-state index in [1.165, 1.54) is 0 Å². The number of β-amino-alcohol motifs (C(OH)–C–C–N with tert-alkyl or cyclic N) is 1. The van der Waals surface area contributed by atoms with Gasteiger partial charge in [-0.15, -0.1) is 0 Å². The molecular formula is C11H17NO8. The van der Waals surface area contributed by atoms with Crippen molar-refractivity contribution in [2.45, 2.75) is 43.0 Å². The van der Waals surface area contributed by atoms with Crippen LogP contribution in [0.1, 0.15) is 12.8 Å². The molecule has 0 aliphatic carbocycles. The summed E-state index contributed by atoms with van der Waals surface area (Å²) in [5.74, 6) is -4.00. The first kappa shape index (κ1) is 15.1.